The quantitative estimate of drug-likeness (QED) is 0.531. The summed E-state index contributed by atoms with van der Waals surface area (Å²) in [6.45, 7) is 4.02. The Morgan fingerprint density at radius 1 is 1.05 bits per heavy atom. The zero-order valence-corrected chi connectivity index (χ0v) is 20.9. The third-order valence-electron chi connectivity index (χ3n) is 7.71. The van der Waals surface area contributed by atoms with E-state index >= 15 is 0 Å². The van der Waals surface area contributed by atoms with E-state index in [1.807, 2.05) is 12.1 Å². The van der Waals surface area contributed by atoms with Gasteiger partial charge in [0.25, 0.3) is 5.91 Å². The van der Waals surface area contributed by atoms with Crippen LogP contribution in [0.5, 0.6) is 5.75 Å². The highest BCUT2D eigenvalue weighted by Gasteiger charge is 2.41. The van der Waals surface area contributed by atoms with Crippen molar-refractivity contribution < 1.29 is 23.5 Å². The first-order valence-corrected chi connectivity index (χ1v) is 13.0. The number of nitrogens with zero attached hydrogens (tertiary/aromatic N) is 2. The summed E-state index contributed by atoms with van der Waals surface area (Å²) < 4.78 is 20.1. The van der Waals surface area contributed by atoms with Gasteiger partial charge in [-0.1, -0.05) is 12.1 Å². The first-order chi connectivity index (χ1) is 17.9. The number of piperidine rings is 2. The highest BCUT2D eigenvalue weighted by molar-refractivity contribution is 6.05. The maximum Gasteiger partial charge on any atom is 0.255 e. The number of nitrogens with one attached hydrogen (secondary N) is 1. The van der Waals surface area contributed by atoms with Gasteiger partial charge in [0, 0.05) is 31.6 Å². The third kappa shape index (κ3) is 5.52. The maximum atomic E-state index is 14.6. The van der Waals surface area contributed by atoms with Crippen LogP contribution in [-0.4, -0.2) is 66.3 Å². The van der Waals surface area contributed by atoms with E-state index in [1.54, 1.807) is 6.07 Å². The van der Waals surface area contributed by atoms with Crippen molar-refractivity contribution in [3.8, 4) is 5.75 Å². The topological polar surface area (TPSA) is 105 Å². The molecule has 37 heavy (non-hydrogen) atoms. The Balaban J connectivity index is 1.20. The average molecular weight is 509 g/mol. The molecule has 0 aliphatic carbocycles. The zero-order chi connectivity index (χ0) is 25.9. The second-order valence-electron chi connectivity index (χ2n) is 10.1. The van der Waals surface area contributed by atoms with E-state index in [4.69, 9.17) is 10.5 Å². The molecule has 0 radical (unpaired) electrons. The molecule has 196 valence electrons. The molecule has 0 bridgehead atoms. The predicted molar refractivity (Wildman–Crippen MR) is 136 cm³/mol. The van der Waals surface area contributed by atoms with Crippen molar-refractivity contribution in [2.24, 2.45) is 5.73 Å². The molecule has 1 atom stereocenters. The van der Waals surface area contributed by atoms with Crippen molar-refractivity contribution in [1.82, 2.24) is 15.1 Å². The molecular weight excluding hydrogens is 475 g/mol. The van der Waals surface area contributed by atoms with E-state index in [0.717, 1.165) is 55.8 Å². The lowest BCUT2D eigenvalue weighted by Gasteiger charge is -2.33. The van der Waals surface area contributed by atoms with Gasteiger partial charge in [0.05, 0.1) is 0 Å². The predicted octanol–water partition coefficient (Wildman–Crippen LogP) is 2.35. The fraction of sp³-hybridized carbons (Fsp3) is 0.464. The SMILES string of the molecule is NCCOc1ccc(CCN2CCC(c3cc(F)cc4c3CN(C3CCC(=O)NC3=O)C4=O)CC2)cc1. The van der Waals surface area contributed by atoms with Gasteiger partial charge >= 0.3 is 0 Å². The number of halogens is 1. The van der Waals surface area contributed by atoms with Crippen LogP contribution in [0.15, 0.2) is 36.4 Å². The lowest BCUT2D eigenvalue weighted by molar-refractivity contribution is -0.136. The van der Waals surface area contributed by atoms with Crippen LogP contribution in [0.3, 0.4) is 0 Å². The first-order valence-electron chi connectivity index (χ1n) is 13.0. The van der Waals surface area contributed by atoms with Crippen LogP contribution in [0.2, 0.25) is 0 Å². The van der Waals surface area contributed by atoms with Crippen LogP contribution in [0.1, 0.15) is 58.6 Å². The Kier molecular flexibility index (Phi) is 7.53. The highest BCUT2D eigenvalue weighted by Crippen LogP contribution is 2.37. The van der Waals surface area contributed by atoms with Crippen LogP contribution in [0.4, 0.5) is 4.39 Å². The standard InChI is InChI=1S/C28H33FN4O4/c29-20-15-22(24-17-33(28(36)23(24)16-20)25-5-6-26(34)31-27(25)35)19-8-12-32(13-9-19)11-7-18-1-3-21(4-2-18)37-14-10-30/h1-4,15-16,19,25H,5-14,17,30H2,(H,31,34,35). The molecular formula is C28H33FN4O4. The summed E-state index contributed by atoms with van der Waals surface area (Å²) in [6.07, 6.45) is 3.20. The fourth-order valence-corrected chi connectivity index (χ4v) is 5.70. The van der Waals surface area contributed by atoms with Crippen molar-refractivity contribution in [3.63, 3.8) is 0 Å². The van der Waals surface area contributed by atoms with E-state index < -0.39 is 17.8 Å². The van der Waals surface area contributed by atoms with E-state index in [9.17, 15) is 18.8 Å². The number of benzene rings is 2. The molecule has 3 amide bonds. The van der Waals surface area contributed by atoms with Gasteiger partial charge in [0.15, 0.2) is 0 Å². The monoisotopic (exact) mass is 508 g/mol. The molecule has 0 saturated carbocycles. The number of amides is 3. The molecule has 9 heteroatoms. The molecule has 3 N–H and O–H groups in total. The fourth-order valence-electron chi connectivity index (χ4n) is 5.70. The number of hydrogen-bond donors (Lipinski definition) is 2. The summed E-state index contributed by atoms with van der Waals surface area (Å²) in [7, 11) is 0. The molecule has 3 heterocycles. The van der Waals surface area contributed by atoms with Gasteiger partial charge in [0.2, 0.25) is 11.8 Å². The molecule has 2 aromatic rings. The largest absolute Gasteiger partial charge is 0.492 e. The van der Waals surface area contributed by atoms with Crippen LogP contribution in [0, 0.1) is 5.82 Å². The molecule has 0 aromatic heterocycles. The number of imide groups is 1. The average Bonchev–Trinajstić information content (AvgIpc) is 3.22. The van der Waals surface area contributed by atoms with Gasteiger partial charge in [-0.05, 0) is 85.6 Å². The zero-order valence-electron chi connectivity index (χ0n) is 20.9. The smallest absolute Gasteiger partial charge is 0.255 e. The second kappa shape index (κ2) is 11.0. The number of fused-ring (bicyclic) bond motifs is 1. The number of carbonyl (C=O) groups excluding carboxylic acids is 3. The Labute approximate surface area is 215 Å². The number of nitrogens with two attached hydrogens (primary N) is 1. The van der Waals surface area contributed by atoms with E-state index in [1.165, 1.54) is 16.5 Å². The number of hydrogen-bond acceptors (Lipinski definition) is 6. The Bertz CT molecular complexity index is 1180. The van der Waals surface area contributed by atoms with Gasteiger partial charge in [-0.15, -0.1) is 0 Å². The summed E-state index contributed by atoms with van der Waals surface area (Å²) in [6, 6.07) is 10.3. The number of likely N-dealkylation sites (tertiary alicyclic amines) is 1. The molecule has 3 aliphatic heterocycles. The van der Waals surface area contributed by atoms with Gasteiger partial charge < -0.3 is 20.3 Å². The van der Waals surface area contributed by atoms with Gasteiger partial charge in [-0.2, -0.15) is 0 Å². The minimum Gasteiger partial charge on any atom is -0.492 e. The molecule has 3 aliphatic rings. The Hall–Kier alpha value is -3.30. The van der Waals surface area contributed by atoms with Crippen LogP contribution in [0.25, 0.3) is 0 Å². The Morgan fingerprint density at radius 3 is 2.51 bits per heavy atom. The lowest BCUT2D eigenvalue weighted by Crippen LogP contribution is -2.52. The van der Waals surface area contributed by atoms with Crippen LogP contribution < -0.4 is 15.8 Å². The van der Waals surface area contributed by atoms with Gasteiger partial charge in [-0.25, -0.2) is 4.39 Å². The van der Waals surface area contributed by atoms with Crippen molar-refractivity contribution in [3.05, 3.63) is 64.5 Å². The van der Waals surface area contributed by atoms with Crippen molar-refractivity contribution in [2.75, 3.05) is 32.8 Å². The van der Waals surface area contributed by atoms with E-state index in [0.29, 0.717) is 25.1 Å². The number of rotatable bonds is 8. The third-order valence-corrected chi connectivity index (χ3v) is 7.71. The molecule has 2 aromatic carbocycles. The minimum absolute atomic E-state index is 0.161. The van der Waals surface area contributed by atoms with Crippen molar-refractivity contribution >= 4 is 17.7 Å². The van der Waals surface area contributed by atoms with Crippen LogP contribution >= 0.6 is 0 Å². The molecule has 2 saturated heterocycles. The highest BCUT2D eigenvalue weighted by atomic mass is 19.1. The molecule has 8 nitrogen and oxygen atoms in total. The molecule has 2 fully saturated rings. The minimum atomic E-state index is -0.698. The molecule has 0 spiro atoms. The normalized spacial score (nSPS) is 20.8. The maximum absolute atomic E-state index is 14.6. The Morgan fingerprint density at radius 2 is 1.81 bits per heavy atom. The summed E-state index contributed by atoms with van der Waals surface area (Å²) in [5.74, 6) is -0.542. The summed E-state index contributed by atoms with van der Waals surface area (Å²) in [5.41, 5.74) is 8.78. The van der Waals surface area contributed by atoms with Crippen LogP contribution in [-0.2, 0) is 22.6 Å². The van der Waals surface area contributed by atoms with Crippen molar-refractivity contribution in [1.29, 1.82) is 0 Å². The van der Waals surface area contributed by atoms with E-state index in [-0.39, 0.29) is 30.7 Å². The number of carbonyl (C=O) groups is 3. The summed E-state index contributed by atoms with van der Waals surface area (Å²) >= 11 is 0. The number of ether oxygens (including phenoxy) is 1. The summed E-state index contributed by atoms with van der Waals surface area (Å²) in [5, 5.41) is 2.32. The first kappa shape index (κ1) is 25.4. The van der Waals surface area contributed by atoms with E-state index in [2.05, 4.69) is 22.3 Å². The van der Waals surface area contributed by atoms with Gasteiger partial charge in [-0.3, -0.25) is 19.7 Å². The lowest BCUT2D eigenvalue weighted by atomic mass is 9.85. The molecule has 1 unspecified atom stereocenters. The summed E-state index contributed by atoms with van der Waals surface area (Å²) in [4.78, 5) is 41.0. The molecule has 5 rings (SSSR count). The van der Waals surface area contributed by atoms with Crippen molar-refractivity contribution in [2.45, 2.75) is 50.6 Å². The van der Waals surface area contributed by atoms with Gasteiger partial charge in [0.1, 0.15) is 24.2 Å². The second-order valence-corrected chi connectivity index (χ2v) is 10.1.